The number of imidazole rings is 1. The number of hydrogen-bond donors (Lipinski definition) is 2. The summed E-state index contributed by atoms with van der Waals surface area (Å²) in [4.78, 5) is 29.4. The molecule has 1 aliphatic rings. The van der Waals surface area contributed by atoms with Gasteiger partial charge in [0, 0.05) is 25.3 Å². The van der Waals surface area contributed by atoms with Gasteiger partial charge in [0.15, 0.2) is 11.5 Å². The maximum atomic E-state index is 12.5. The SMILES string of the molecule is CCOCCCn1c(NC(=O)CNC(=O)c2ccc3c(c2)OCO3)nc2ccccc21. The molecule has 9 heteroatoms. The molecule has 0 bridgehead atoms. The number of amides is 2. The lowest BCUT2D eigenvalue weighted by atomic mass is 10.2. The average molecular weight is 424 g/mol. The first-order chi connectivity index (χ1) is 15.2. The monoisotopic (exact) mass is 424 g/mol. The number of nitrogens with one attached hydrogen (secondary N) is 2. The molecule has 0 radical (unpaired) electrons. The summed E-state index contributed by atoms with van der Waals surface area (Å²) in [6, 6.07) is 12.6. The fourth-order valence-corrected chi connectivity index (χ4v) is 3.34. The van der Waals surface area contributed by atoms with Crippen LogP contribution in [-0.4, -0.2) is 47.9 Å². The van der Waals surface area contributed by atoms with Crippen molar-refractivity contribution in [1.29, 1.82) is 0 Å². The van der Waals surface area contributed by atoms with E-state index in [1.807, 2.05) is 35.8 Å². The third-order valence-electron chi connectivity index (χ3n) is 4.82. The third-order valence-corrected chi connectivity index (χ3v) is 4.82. The van der Waals surface area contributed by atoms with Gasteiger partial charge in [-0.3, -0.25) is 14.9 Å². The molecule has 2 N–H and O–H groups in total. The summed E-state index contributed by atoms with van der Waals surface area (Å²) >= 11 is 0. The number of benzene rings is 2. The van der Waals surface area contributed by atoms with E-state index in [9.17, 15) is 9.59 Å². The lowest BCUT2D eigenvalue weighted by Gasteiger charge is -2.11. The Balaban J connectivity index is 1.39. The molecule has 0 spiro atoms. The molecule has 0 atom stereocenters. The number of fused-ring (bicyclic) bond motifs is 2. The van der Waals surface area contributed by atoms with Gasteiger partial charge in [0.1, 0.15) is 0 Å². The minimum Gasteiger partial charge on any atom is -0.454 e. The summed E-state index contributed by atoms with van der Waals surface area (Å²) in [6.07, 6.45) is 0.790. The van der Waals surface area contributed by atoms with Crippen LogP contribution in [0.3, 0.4) is 0 Å². The van der Waals surface area contributed by atoms with E-state index in [0.717, 1.165) is 17.5 Å². The van der Waals surface area contributed by atoms with E-state index in [-0.39, 0.29) is 25.2 Å². The molecule has 4 rings (SSSR count). The smallest absolute Gasteiger partial charge is 0.251 e. The highest BCUT2D eigenvalue weighted by atomic mass is 16.7. The number of carbonyl (C=O) groups excluding carboxylic acids is 2. The summed E-state index contributed by atoms with van der Waals surface area (Å²) in [7, 11) is 0. The van der Waals surface area contributed by atoms with Gasteiger partial charge in [-0.05, 0) is 43.7 Å². The number of carbonyl (C=O) groups is 2. The van der Waals surface area contributed by atoms with Gasteiger partial charge in [-0.15, -0.1) is 0 Å². The van der Waals surface area contributed by atoms with Gasteiger partial charge in [0.2, 0.25) is 18.6 Å². The maximum absolute atomic E-state index is 12.5. The Bertz CT molecular complexity index is 1090. The number of aryl methyl sites for hydroxylation is 1. The molecule has 0 saturated heterocycles. The first kappa shape index (κ1) is 20.7. The van der Waals surface area contributed by atoms with Crippen LogP contribution < -0.4 is 20.1 Å². The second kappa shape index (κ2) is 9.48. The zero-order chi connectivity index (χ0) is 21.6. The molecule has 0 saturated carbocycles. The Morgan fingerprint density at radius 1 is 1.16 bits per heavy atom. The number of rotatable bonds is 9. The van der Waals surface area contributed by atoms with Crippen LogP contribution in [0, 0.1) is 0 Å². The molecule has 0 fully saturated rings. The van der Waals surface area contributed by atoms with Gasteiger partial charge in [-0.1, -0.05) is 12.1 Å². The van der Waals surface area contributed by atoms with Crippen LogP contribution in [0.25, 0.3) is 11.0 Å². The van der Waals surface area contributed by atoms with Crippen molar-refractivity contribution in [3.8, 4) is 11.5 Å². The van der Waals surface area contributed by atoms with Crippen molar-refractivity contribution in [1.82, 2.24) is 14.9 Å². The molecule has 9 nitrogen and oxygen atoms in total. The Hall–Kier alpha value is -3.59. The van der Waals surface area contributed by atoms with Gasteiger partial charge >= 0.3 is 0 Å². The number of ether oxygens (including phenoxy) is 3. The summed E-state index contributed by atoms with van der Waals surface area (Å²) in [6.45, 7) is 3.85. The molecule has 1 aliphatic heterocycles. The molecule has 3 aromatic rings. The van der Waals surface area contributed by atoms with Crippen molar-refractivity contribution in [2.45, 2.75) is 19.9 Å². The van der Waals surface area contributed by atoms with E-state index in [4.69, 9.17) is 14.2 Å². The fraction of sp³-hybridized carbons (Fsp3) is 0.318. The van der Waals surface area contributed by atoms with E-state index in [0.29, 0.717) is 42.8 Å². The van der Waals surface area contributed by atoms with Crippen LogP contribution in [-0.2, 0) is 16.1 Å². The quantitative estimate of drug-likeness (QED) is 0.512. The highest BCUT2D eigenvalue weighted by Crippen LogP contribution is 2.32. The fourth-order valence-electron chi connectivity index (χ4n) is 3.34. The standard InChI is InChI=1S/C22H24N4O5/c1-2-29-11-5-10-26-17-7-4-3-6-16(17)24-22(26)25-20(27)13-23-21(28)15-8-9-18-19(12-15)31-14-30-18/h3-4,6-9,12H,2,5,10-11,13-14H2,1H3,(H,23,28)(H,24,25,27). The number of nitrogens with zero attached hydrogens (tertiary/aromatic N) is 2. The molecule has 2 aromatic carbocycles. The van der Waals surface area contributed by atoms with E-state index < -0.39 is 0 Å². The van der Waals surface area contributed by atoms with Crippen molar-refractivity contribution in [2.24, 2.45) is 0 Å². The minimum absolute atomic E-state index is 0.133. The van der Waals surface area contributed by atoms with Crippen molar-refractivity contribution in [2.75, 3.05) is 31.9 Å². The Morgan fingerprint density at radius 2 is 2.00 bits per heavy atom. The van der Waals surface area contributed by atoms with Crippen molar-refractivity contribution >= 4 is 28.8 Å². The van der Waals surface area contributed by atoms with E-state index in [1.54, 1.807) is 18.2 Å². The van der Waals surface area contributed by atoms with Crippen LogP contribution in [0.4, 0.5) is 5.95 Å². The highest BCUT2D eigenvalue weighted by Gasteiger charge is 2.17. The summed E-state index contributed by atoms with van der Waals surface area (Å²) in [5.74, 6) is 0.810. The van der Waals surface area contributed by atoms with Gasteiger partial charge in [-0.25, -0.2) is 4.98 Å². The molecular weight excluding hydrogens is 400 g/mol. The first-order valence-corrected chi connectivity index (χ1v) is 10.2. The second-order valence-corrected chi connectivity index (χ2v) is 6.93. The van der Waals surface area contributed by atoms with Crippen LogP contribution in [0.2, 0.25) is 0 Å². The number of anilines is 1. The highest BCUT2D eigenvalue weighted by molar-refractivity contribution is 5.99. The van der Waals surface area contributed by atoms with Crippen LogP contribution in [0.5, 0.6) is 11.5 Å². The topological polar surface area (TPSA) is 104 Å². The Labute approximate surface area is 179 Å². The van der Waals surface area contributed by atoms with Gasteiger partial charge in [0.05, 0.1) is 17.6 Å². The zero-order valence-corrected chi connectivity index (χ0v) is 17.2. The summed E-state index contributed by atoms with van der Waals surface area (Å²) in [5, 5.41) is 5.42. The van der Waals surface area contributed by atoms with Crippen LogP contribution in [0.1, 0.15) is 23.7 Å². The minimum atomic E-state index is -0.376. The summed E-state index contributed by atoms with van der Waals surface area (Å²) in [5.41, 5.74) is 2.11. The van der Waals surface area contributed by atoms with E-state index in [1.165, 1.54) is 0 Å². The number of aromatic nitrogens is 2. The zero-order valence-electron chi connectivity index (χ0n) is 17.2. The predicted octanol–water partition coefficient (Wildman–Crippen LogP) is 2.56. The van der Waals surface area contributed by atoms with Gasteiger partial charge < -0.3 is 24.1 Å². The molecule has 0 unspecified atom stereocenters. The van der Waals surface area contributed by atoms with Crippen LogP contribution in [0.15, 0.2) is 42.5 Å². The first-order valence-electron chi connectivity index (χ1n) is 10.2. The van der Waals surface area contributed by atoms with Crippen molar-refractivity contribution in [3.63, 3.8) is 0 Å². The van der Waals surface area contributed by atoms with Crippen molar-refractivity contribution < 1.29 is 23.8 Å². The lowest BCUT2D eigenvalue weighted by molar-refractivity contribution is -0.115. The van der Waals surface area contributed by atoms with Gasteiger partial charge in [0.25, 0.3) is 5.91 Å². The number of hydrogen-bond acceptors (Lipinski definition) is 6. The number of para-hydroxylation sites is 2. The van der Waals surface area contributed by atoms with E-state index in [2.05, 4.69) is 15.6 Å². The molecule has 2 heterocycles. The lowest BCUT2D eigenvalue weighted by Crippen LogP contribution is -2.33. The molecule has 0 aliphatic carbocycles. The second-order valence-electron chi connectivity index (χ2n) is 6.93. The van der Waals surface area contributed by atoms with Crippen LogP contribution >= 0.6 is 0 Å². The molecule has 2 amide bonds. The normalized spacial score (nSPS) is 12.2. The van der Waals surface area contributed by atoms with Gasteiger partial charge in [-0.2, -0.15) is 0 Å². The maximum Gasteiger partial charge on any atom is 0.251 e. The van der Waals surface area contributed by atoms with Crippen molar-refractivity contribution in [3.05, 3.63) is 48.0 Å². The molecule has 162 valence electrons. The summed E-state index contributed by atoms with van der Waals surface area (Å²) < 4.78 is 17.9. The molecule has 31 heavy (non-hydrogen) atoms. The average Bonchev–Trinajstić information content (AvgIpc) is 3.39. The Kier molecular flexibility index (Phi) is 6.32. The largest absolute Gasteiger partial charge is 0.454 e. The molecular formula is C22H24N4O5. The predicted molar refractivity (Wildman–Crippen MR) is 114 cm³/mol. The Morgan fingerprint density at radius 3 is 2.87 bits per heavy atom. The van der Waals surface area contributed by atoms with E-state index >= 15 is 0 Å². The third kappa shape index (κ3) is 4.77. The molecule has 1 aromatic heterocycles.